The first kappa shape index (κ1) is 16.3. The average Bonchev–Trinajstić information content (AvgIpc) is 2.52. The minimum absolute atomic E-state index is 0. The highest BCUT2D eigenvalue weighted by molar-refractivity contribution is 14.1. The highest BCUT2D eigenvalue weighted by atomic mass is 127. The number of hydrogen-bond acceptors (Lipinski definition) is 0. The first-order valence-corrected chi connectivity index (χ1v) is 8.93. The Bertz CT molecular complexity index is 646. The third-order valence-electron chi connectivity index (χ3n) is 3.12. The Morgan fingerprint density at radius 1 is 0.571 bits per heavy atom. The fourth-order valence-electron chi connectivity index (χ4n) is 2.21. The number of rotatable bonds is 3. The summed E-state index contributed by atoms with van der Waals surface area (Å²) in [7, 11) is -0.474. The molecule has 0 saturated heterocycles. The van der Waals surface area contributed by atoms with E-state index in [-0.39, 0.29) is 8.41 Å². The van der Waals surface area contributed by atoms with Gasteiger partial charge in [0.2, 0.25) is 0 Å². The molecule has 0 amide bonds. The van der Waals surface area contributed by atoms with Gasteiger partial charge in [-0.05, 0) is 52.5 Å². The van der Waals surface area contributed by atoms with Crippen molar-refractivity contribution in [1.82, 2.24) is 0 Å². The third-order valence-corrected chi connectivity index (χ3v) is 6.99. The normalized spacial score (nSPS) is 10.2. The number of benzene rings is 3. The lowest BCUT2D eigenvalue weighted by Crippen LogP contribution is -2.22. The zero-order chi connectivity index (χ0) is 13.8. The Labute approximate surface area is 143 Å². The van der Waals surface area contributed by atoms with E-state index in [0.717, 1.165) is 0 Å². The van der Waals surface area contributed by atoms with Crippen LogP contribution in [-0.2, 0) is 0 Å². The second kappa shape index (κ2) is 7.77. The molecule has 104 valence electrons. The van der Waals surface area contributed by atoms with Crippen molar-refractivity contribution in [2.75, 3.05) is 0 Å². The van der Waals surface area contributed by atoms with E-state index in [2.05, 4.69) is 108 Å². The lowest BCUT2D eigenvalue weighted by atomic mass is 10.4. The molecule has 0 atom stereocenters. The van der Waals surface area contributed by atoms with Gasteiger partial charge in [-0.3, -0.25) is 0 Å². The van der Waals surface area contributed by atoms with Crippen LogP contribution in [0, 0.1) is 3.57 Å². The highest BCUT2D eigenvalue weighted by Gasteiger charge is 2.17. The van der Waals surface area contributed by atoms with Crippen LogP contribution >= 0.6 is 30.5 Å². The van der Waals surface area contributed by atoms with Crippen LogP contribution in [0.2, 0.25) is 0 Å². The first-order valence-electron chi connectivity index (χ1n) is 6.51. The summed E-state index contributed by atoms with van der Waals surface area (Å²) in [6.45, 7) is 0. The Morgan fingerprint density at radius 3 is 1.48 bits per heavy atom. The average molecular weight is 402 g/mol. The predicted molar refractivity (Wildman–Crippen MR) is 108 cm³/mol. The van der Waals surface area contributed by atoms with Crippen LogP contribution < -0.4 is 15.9 Å². The van der Waals surface area contributed by atoms with Crippen LogP contribution in [0.15, 0.2) is 84.9 Å². The van der Waals surface area contributed by atoms with Crippen LogP contribution in [0.25, 0.3) is 0 Å². The molecule has 0 fully saturated rings. The van der Waals surface area contributed by atoms with Gasteiger partial charge in [-0.2, -0.15) is 0 Å². The van der Waals surface area contributed by atoms with Gasteiger partial charge in [-0.1, -0.05) is 78.9 Å². The molecule has 0 unspecified atom stereocenters. The van der Waals surface area contributed by atoms with Gasteiger partial charge in [0.05, 0.1) is 8.41 Å². The molecule has 0 radical (unpaired) electrons. The predicted octanol–water partition coefficient (Wildman–Crippen LogP) is 2.87. The third kappa shape index (κ3) is 3.75. The summed E-state index contributed by atoms with van der Waals surface area (Å²) in [6, 6.07) is 30.3. The highest BCUT2D eigenvalue weighted by Crippen LogP contribution is 2.34. The van der Waals surface area contributed by atoms with Gasteiger partial charge in [0.15, 0.2) is 0 Å². The molecule has 3 aromatic rings. The topological polar surface area (TPSA) is 0 Å². The van der Waals surface area contributed by atoms with Crippen LogP contribution in [0.3, 0.4) is 0 Å². The maximum absolute atomic E-state index is 2.45. The molecule has 0 saturated carbocycles. The summed E-state index contributed by atoms with van der Waals surface area (Å²) in [5, 5.41) is 4.23. The van der Waals surface area contributed by atoms with E-state index >= 15 is 0 Å². The molecule has 0 aliphatic heterocycles. The van der Waals surface area contributed by atoms with Gasteiger partial charge < -0.3 is 0 Å². The van der Waals surface area contributed by atoms with Gasteiger partial charge in [-0.15, -0.1) is 0 Å². The second-order valence-electron chi connectivity index (χ2n) is 4.46. The van der Waals surface area contributed by atoms with Crippen molar-refractivity contribution in [3.63, 3.8) is 0 Å². The first-order chi connectivity index (χ1) is 9.86. The van der Waals surface area contributed by atoms with Gasteiger partial charge in [0.1, 0.15) is 0 Å². The molecule has 3 aromatic carbocycles. The molecule has 0 bridgehead atoms. The maximum atomic E-state index is 2.45. The Balaban J connectivity index is 0.00000161. The van der Waals surface area contributed by atoms with Gasteiger partial charge in [0.25, 0.3) is 0 Å². The van der Waals surface area contributed by atoms with Crippen LogP contribution in [0.5, 0.6) is 0 Å². The minimum atomic E-state index is -0.474. The summed E-state index contributed by atoms with van der Waals surface area (Å²) < 4.78 is 1.34. The summed E-state index contributed by atoms with van der Waals surface area (Å²) >= 11 is 2.45. The molecule has 0 nitrogen and oxygen atoms in total. The molecule has 0 aliphatic carbocycles. The van der Waals surface area contributed by atoms with Crippen molar-refractivity contribution in [1.29, 1.82) is 0 Å². The summed E-state index contributed by atoms with van der Waals surface area (Å²) in [6.07, 6.45) is 0. The fraction of sp³-hybridized carbons (Fsp3) is 0. The molecule has 0 aromatic heterocycles. The summed E-state index contributed by atoms with van der Waals surface area (Å²) in [4.78, 5) is 0. The Kier molecular flexibility index (Phi) is 6.01. The van der Waals surface area contributed by atoms with Crippen molar-refractivity contribution in [2.24, 2.45) is 0 Å². The Hall–Kier alpha value is -1.12. The molecular weight excluding hydrogens is 385 g/mol. The zero-order valence-corrected chi connectivity index (χ0v) is 14.0. The van der Waals surface area contributed by atoms with Gasteiger partial charge >= 0.3 is 0 Å². The van der Waals surface area contributed by atoms with E-state index in [1.54, 1.807) is 0 Å². The zero-order valence-electron chi connectivity index (χ0n) is 10.9. The smallest absolute Gasteiger partial charge is 0.0622 e. The molecule has 3 rings (SSSR count). The van der Waals surface area contributed by atoms with Crippen molar-refractivity contribution >= 4 is 54.8 Å². The van der Waals surface area contributed by atoms with Gasteiger partial charge in [-0.25, -0.2) is 0 Å². The second-order valence-corrected chi connectivity index (χ2v) is 7.81. The van der Waals surface area contributed by atoms with E-state index in [4.69, 9.17) is 0 Å². The Morgan fingerprint density at radius 2 is 1.00 bits per heavy atom. The summed E-state index contributed by atoms with van der Waals surface area (Å²) in [5.41, 5.74) is 0. The van der Waals surface area contributed by atoms with Crippen LogP contribution in [0.1, 0.15) is 0 Å². The number of hydrogen-bond donors (Lipinski definition) is 0. The largest absolute Gasteiger partial charge is 0.0814 e. The SMILES string of the molecule is B.Ic1ccccc1P(c1ccccc1)c1ccccc1. The monoisotopic (exact) mass is 402 g/mol. The van der Waals surface area contributed by atoms with Crippen LogP contribution in [0.4, 0.5) is 0 Å². The molecule has 0 spiro atoms. The molecular formula is C18H17BIP. The molecule has 0 aliphatic rings. The minimum Gasteiger partial charge on any atom is -0.0622 e. The molecule has 0 N–H and O–H groups in total. The van der Waals surface area contributed by atoms with Crippen molar-refractivity contribution < 1.29 is 0 Å². The fourth-order valence-corrected chi connectivity index (χ4v) is 5.64. The maximum Gasteiger partial charge on any atom is 0.0814 e. The standard InChI is InChI=1S/C18H14IP.BH3/c19-17-13-7-8-14-18(17)20(15-9-3-1-4-10-15)16-11-5-2-6-12-16;/h1-14H;1H3. The molecule has 21 heavy (non-hydrogen) atoms. The van der Waals surface area contributed by atoms with E-state index in [1.165, 1.54) is 19.5 Å². The van der Waals surface area contributed by atoms with Crippen molar-refractivity contribution in [2.45, 2.75) is 0 Å². The van der Waals surface area contributed by atoms with E-state index < -0.39 is 7.92 Å². The summed E-state index contributed by atoms with van der Waals surface area (Å²) in [5.74, 6) is 0. The lowest BCUT2D eigenvalue weighted by Gasteiger charge is -2.20. The van der Waals surface area contributed by atoms with E-state index in [1.807, 2.05) is 0 Å². The molecule has 3 heteroatoms. The van der Waals surface area contributed by atoms with Crippen LogP contribution in [-0.4, -0.2) is 8.41 Å². The van der Waals surface area contributed by atoms with E-state index in [0.29, 0.717) is 0 Å². The van der Waals surface area contributed by atoms with Crippen molar-refractivity contribution in [3.05, 3.63) is 88.5 Å². The van der Waals surface area contributed by atoms with E-state index in [9.17, 15) is 0 Å². The number of halogens is 1. The quantitative estimate of drug-likeness (QED) is 0.359. The molecule has 0 heterocycles. The van der Waals surface area contributed by atoms with Crippen molar-refractivity contribution in [3.8, 4) is 0 Å². The lowest BCUT2D eigenvalue weighted by molar-refractivity contribution is 1.70. The van der Waals surface area contributed by atoms with Gasteiger partial charge in [0, 0.05) is 3.57 Å².